The van der Waals surface area contributed by atoms with Crippen LogP contribution in [0.1, 0.15) is 31.7 Å². The minimum atomic E-state index is 0. The molecule has 4 rings (SSSR count). The van der Waals surface area contributed by atoms with E-state index >= 15 is 0 Å². The van der Waals surface area contributed by atoms with Gasteiger partial charge in [0.05, 0.1) is 12.7 Å². The van der Waals surface area contributed by atoms with Crippen molar-refractivity contribution in [3.05, 3.63) is 48.3 Å². The van der Waals surface area contributed by atoms with Crippen LogP contribution in [-0.4, -0.2) is 42.5 Å². The minimum Gasteiger partial charge on any atom is -0.396 e. The van der Waals surface area contributed by atoms with E-state index in [0.717, 1.165) is 34.8 Å². The largest absolute Gasteiger partial charge is 0.396 e. The monoisotopic (exact) mass is 574 g/mol. The molecule has 3 heterocycles. The van der Waals surface area contributed by atoms with Crippen molar-refractivity contribution in [3.8, 4) is 0 Å². The van der Waals surface area contributed by atoms with Crippen LogP contribution in [0.2, 0.25) is 0 Å². The Morgan fingerprint density at radius 1 is 1.27 bits per heavy atom. The van der Waals surface area contributed by atoms with Crippen LogP contribution in [0.5, 0.6) is 0 Å². The van der Waals surface area contributed by atoms with Gasteiger partial charge in [-0.1, -0.05) is 25.0 Å². The Hall–Kier alpha value is -2.57. The van der Waals surface area contributed by atoms with Gasteiger partial charge in [0, 0.05) is 39.9 Å². The SMILES string of the molecule is CCC[C@@H](CCO)Nc1nc(N)nc2cnn(Cc3cc[c-]c4cccnc34)c12.[W]. The summed E-state index contributed by atoms with van der Waals surface area (Å²) in [4.78, 5) is 13.3. The molecule has 0 spiro atoms. The number of hydrogen-bond acceptors (Lipinski definition) is 7. The number of nitrogens with zero attached hydrogens (tertiary/aromatic N) is 5. The first-order valence-corrected chi connectivity index (χ1v) is 9.80. The Bertz CT molecular complexity index is 1120. The van der Waals surface area contributed by atoms with E-state index in [1.165, 1.54) is 0 Å². The summed E-state index contributed by atoms with van der Waals surface area (Å²) in [5.74, 6) is 0.830. The third kappa shape index (κ3) is 4.60. The third-order valence-corrected chi connectivity index (χ3v) is 4.92. The second kappa shape index (κ2) is 9.96. The maximum absolute atomic E-state index is 9.39. The number of nitrogens with two attached hydrogens (primary N) is 1. The van der Waals surface area contributed by atoms with Crippen LogP contribution in [-0.2, 0) is 27.6 Å². The van der Waals surface area contributed by atoms with Crippen molar-refractivity contribution in [1.82, 2.24) is 24.7 Å². The Morgan fingerprint density at radius 3 is 2.93 bits per heavy atom. The van der Waals surface area contributed by atoms with Crippen molar-refractivity contribution in [2.75, 3.05) is 17.7 Å². The molecule has 156 valence electrons. The first kappa shape index (κ1) is 22.1. The average Bonchev–Trinajstić information content (AvgIpc) is 3.11. The Balaban J connectivity index is 0.00000256. The van der Waals surface area contributed by atoms with Gasteiger partial charge in [0.15, 0.2) is 5.82 Å². The zero-order valence-electron chi connectivity index (χ0n) is 16.7. The molecular weight excluding hydrogens is 550 g/mol. The molecule has 4 N–H and O–H groups in total. The van der Waals surface area contributed by atoms with Gasteiger partial charge in [-0.15, -0.1) is 29.7 Å². The molecule has 30 heavy (non-hydrogen) atoms. The molecular formula is C21H24N7OW-. The van der Waals surface area contributed by atoms with E-state index in [2.05, 4.69) is 38.4 Å². The zero-order chi connectivity index (χ0) is 20.2. The van der Waals surface area contributed by atoms with Crippen molar-refractivity contribution in [2.24, 2.45) is 0 Å². The van der Waals surface area contributed by atoms with Gasteiger partial charge in [-0.3, -0.25) is 4.68 Å². The molecule has 9 heteroatoms. The maximum Gasteiger partial charge on any atom is 0.222 e. The third-order valence-electron chi connectivity index (χ3n) is 4.92. The average molecular weight is 574 g/mol. The number of aliphatic hydroxyl groups excluding tert-OH is 1. The number of nitrogens with one attached hydrogen (secondary N) is 1. The summed E-state index contributed by atoms with van der Waals surface area (Å²) in [5, 5.41) is 18.3. The van der Waals surface area contributed by atoms with Crippen molar-refractivity contribution < 1.29 is 26.2 Å². The maximum atomic E-state index is 9.39. The normalized spacial score (nSPS) is 12.1. The quantitative estimate of drug-likeness (QED) is 0.278. The van der Waals surface area contributed by atoms with Gasteiger partial charge in [0.1, 0.15) is 11.0 Å². The summed E-state index contributed by atoms with van der Waals surface area (Å²) < 4.78 is 1.86. The van der Waals surface area contributed by atoms with Crippen molar-refractivity contribution in [3.63, 3.8) is 0 Å². The zero-order valence-corrected chi connectivity index (χ0v) is 19.7. The standard InChI is InChI=1S/C21H24N7O.W/c1-2-5-16(9-11-29)25-20-19-17(26-21(22)27-20)12-24-28(19)13-15-7-3-6-14-8-4-10-23-18(14)15;/h3-4,7-8,10,12,16,29H,2,5,9,11,13H2,1H3,(H3,22,25,26,27);/q-1;/t16-;/m0./s1. The van der Waals surface area contributed by atoms with Crippen LogP contribution >= 0.6 is 0 Å². The Labute approximate surface area is 189 Å². The predicted molar refractivity (Wildman–Crippen MR) is 113 cm³/mol. The predicted octanol–water partition coefficient (Wildman–Crippen LogP) is 2.77. The van der Waals surface area contributed by atoms with Crippen LogP contribution < -0.4 is 11.1 Å². The summed E-state index contributed by atoms with van der Waals surface area (Å²) in [6.07, 6.45) is 6.03. The minimum absolute atomic E-state index is 0. The van der Waals surface area contributed by atoms with E-state index in [9.17, 15) is 5.11 Å². The van der Waals surface area contributed by atoms with Crippen LogP contribution in [0.25, 0.3) is 21.9 Å². The molecule has 8 nitrogen and oxygen atoms in total. The van der Waals surface area contributed by atoms with E-state index in [1.54, 1.807) is 12.4 Å². The molecule has 0 amide bonds. The molecule has 1 aromatic carbocycles. The Morgan fingerprint density at radius 2 is 2.13 bits per heavy atom. The molecule has 4 aromatic rings. The van der Waals surface area contributed by atoms with Crippen LogP contribution in [0, 0.1) is 6.07 Å². The fourth-order valence-corrected chi connectivity index (χ4v) is 3.60. The molecule has 0 fully saturated rings. The number of rotatable bonds is 8. The number of fused-ring (bicyclic) bond motifs is 2. The van der Waals surface area contributed by atoms with Crippen LogP contribution in [0.4, 0.5) is 11.8 Å². The van der Waals surface area contributed by atoms with E-state index in [-0.39, 0.29) is 39.7 Å². The molecule has 0 saturated heterocycles. The molecule has 0 aliphatic carbocycles. The van der Waals surface area contributed by atoms with Crippen LogP contribution in [0.3, 0.4) is 0 Å². The van der Waals surface area contributed by atoms with Gasteiger partial charge >= 0.3 is 0 Å². The smallest absolute Gasteiger partial charge is 0.222 e. The summed E-state index contributed by atoms with van der Waals surface area (Å²) >= 11 is 0. The van der Waals surface area contributed by atoms with E-state index in [1.807, 2.05) is 28.9 Å². The summed E-state index contributed by atoms with van der Waals surface area (Å²) in [5.41, 5.74) is 9.32. The van der Waals surface area contributed by atoms with Crippen molar-refractivity contribution in [2.45, 2.75) is 38.8 Å². The second-order valence-corrected chi connectivity index (χ2v) is 7.01. The number of benzene rings is 1. The number of aromatic nitrogens is 5. The number of hydrogen-bond donors (Lipinski definition) is 3. The van der Waals surface area contributed by atoms with Crippen LogP contribution in [0.15, 0.2) is 36.7 Å². The summed E-state index contributed by atoms with van der Waals surface area (Å²) in [6, 6.07) is 11.1. The second-order valence-electron chi connectivity index (χ2n) is 7.01. The first-order valence-electron chi connectivity index (χ1n) is 9.80. The van der Waals surface area contributed by atoms with E-state index in [4.69, 9.17) is 5.73 Å². The molecule has 3 aromatic heterocycles. The van der Waals surface area contributed by atoms with Gasteiger partial charge < -0.3 is 21.1 Å². The summed E-state index contributed by atoms with van der Waals surface area (Å²) in [6.45, 7) is 2.75. The van der Waals surface area contributed by atoms with E-state index in [0.29, 0.717) is 24.3 Å². The van der Waals surface area contributed by atoms with Gasteiger partial charge in [0.2, 0.25) is 5.95 Å². The van der Waals surface area contributed by atoms with Gasteiger partial charge in [-0.2, -0.15) is 10.1 Å². The molecule has 0 unspecified atom stereocenters. The summed E-state index contributed by atoms with van der Waals surface area (Å²) in [7, 11) is 0. The topological polar surface area (TPSA) is 115 Å². The van der Waals surface area contributed by atoms with Gasteiger partial charge in [-0.05, 0) is 18.4 Å². The van der Waals surface area contributed by atoms with Gasteiger partial charge in [-0.25, -0.2) is 4.98 Å². The molecule has 0 saturated carbocycles. The fourth-order valence-electron chi connectivity index (χ4n) is 3.60. The number of nitrogen functional groups attached to an aromatic ring is 1. The molecule has 0 radical (unpaired) electrons. The number of pyridine rings is 1. The van der Waals surface area contributed by atoms with E-state index < -0.39 is 0 Å². The fraction of sp³-hybridized carbons (Fsp3) is 0.333. The molecule has 0 bridgehead atoms. The molecule has 0 aliphatic heterocycles. The number of aliphatic hydroxyl groups is 1. The molecule has 1 atom stereocenters. The number of anilines is 2. The Kier molecular flexibility index (Phi) is 7.34. The molecule has 0 aliphatic rings. The first-order chi connectivity index (χ1) is 14.2. The van der Waals surface area contributed by atoms with Crippen molar-refractivity contribution >= 4 is 33.7 Å². The van der Waals surface area contributed by atoms with Crippen molar-refractivity contribution in [1.29, 1.82) is 0 Å². The van der Waals surface area contributed by atoms with Gasteiger partial charge in [0.25, 0.3) is 0 Å².